The van der Waals surface area contributed by atoms with Gasteiger partial charge in [0.05, 0.1) is 5.75 Å². The molecule has 0 bridgehead atoms. The van der Waals surface area contributed by atoms with Gasteiger partial charge in [0.15, 0.2) is 10.3 Å². The molecular weight excluding hydrogens is 330 g/mol. The Hall–Kier alpha value is -1.67. The van der Waals surface area contributed by atoms with Crippen LogP contribution in [0, 0.1) is 5.92 Å². The molecule has 0 saturated carbocycles. The predicted octanol–water partition coefficient (Wildman–Crippen LogP) is 2.06. The number of amides is 1. The molecule has 122 valence electrons. The first kappa shape index (κ1) is 16.2. The molecule has 1 aliphatic heterocycles. The first-order valence-corrected chi connectivity index (χ1v) is 9.49. The Bertz CT molecular complexity index is 608. The van der Waals surface area contributed by atoms with Crippen LogP contribution in [0.2, 0.25) is 0 Å². The van der Waals surface area contributed by atoms with Crippen molar-refractivity contribution in [2.45, 2.75) is 18.0 Å². The summed E-state index contributed by atoms with van der Waals surface area (Å²) in [5.74, 6) is 0.871. The lowest BCUT2D eigenvalue weighted by Gasteiger charge is -2.32. The average molecular weight is 349 g/mol. The first-order chi connectivity index (χ1) is 11.3. The second kappa shape index (κ2) is 8.26. The van der Waals surface area contributed by atoms with Crippen LogP contribution in [0.25, 0.3) is 0 Å². The molecule has 1 atom stereocenters. The molecule has 0 aliphatic carbocycles. The molecule has 1 N–H and O–H groups in total. The van der Waals surface area contributed by atoms with Gasteiger partial charge in [-0.3, -0.25) is 4.79 Å². The molecule has 0 spiro atoms. The zero-order chi connectivity index (χ0) is 15.9. The second-order valence-electron chi connectivity index (χ2n) is 5.39. The molecular formula is C15H19N5OS2. The summed E-state index contributed by atoms with van der Waals surface area (Å²) in [6.07, 6.45) is 7.50. The quantitative estimate of drug-likeness (QED) is 0.636. The van der Waals surface area contributed by atoms with Gasteiger partial charge in [0.2, 0.25) is 5.91 Å². The van der Waals surface area contributed by atoms with Crippen molar-refractivity contribution in [1.29, 1.82) is 0 Å². The van der Waals surface area contributed by atoms with Crippen molar-refractivity contribution >= 4 is 34.1 Å². The number of carbonyl (C=O) groups excluding carboxylic acids is 1. The SMILES string of the molecule is O=C(CSc1ncccn1)NCC1CCCN(c2nccs2)C1. The van der Waals surface area contributed by atoms with Gasteiger partial charge in [-0.1, -0.05) is 11.8 Å². The number of aromatic nitrogens is 3. The summed E-state index contributed by atoms with van der Waals surface area (Å²) in [7, 11) is 0. The third-order valence-corrected chi connectivity index (χ3v) is 5.38. The molecule has 1 amide bonds. The molecule has 0 aromatic carbocycles. The Labute approximate surface area is 143 Å². The zero-order valence-corrected chi connectivity index (χ0v) is 14.4. The summed E-state index contributed by atoms with van der Waals surface area (Å²) in [6, 6.07) is 1.77. The topological polar surface area (TPSA) is 71.0 Å². The molecule has 8 heteroatoms. The highest BCUT2D eigenvalue weighted by Gasteiger charge is 2.21. The molecule has 2 aromatic rings. The number of thiazole rings is 1. The summed E-state index contributed by atoms with van der Waals surface area (Å²) >= 11 is 3.03. The van der Waals surface area contributed by atoms with Gasteiger partial charge in [0.25, 0.3) is 0 Å². The number of piperidine rings is 1. The van der Waals surface area contributed by atoms with E-state index in [2.05, 4.69) is 25.2 Å². The Morgan fingerprint density at radius 2 is 2.22 bits per heavy atom. The van der Waals surface area contributed by atoms with Gasteiger partial charge in [0, 0.05) is 43.6 Å². The van der Waals surface area contributed by atoms with Crippen molar-refractivity contribution in [1.82, 2.24) is 20.3 Å². The van der Waals surface area contributed by atoms with Crippen molar-refractivity contribution in [3.05, 3.63) is 30.0 Å². The molecule has 0 radical (unpaired) electrons. The van der Waals surface area contributed by atoms with Crippen molar-refractivity contribution in [2.75, 3.05) is 30.3 Å². The number of nitrogens with one attached hydrogen (secondary N) is 1. The van der Waals surface area contributed by atoms with Crippen LogP contribution in [0.4, 0.5) is 5.13 Å². The van der Waals surface area contributed by atoms with E-state index in [1.807, 2.05) is 11.6 Å². The van der Waals surface area contributed by atoms with Crippen molar-refractivity contribution < 1.29 is 4.79 Å². The summed E-state index contributed by atoms with van der Waals surface area (Å²) in [5, 5.41) is 6.75. The average Bonchev–Trinajstić information content (AvgIpc) is 3.14. The van der Waals surface area contributed by atoms with Gasteiger partial charge in [-0.15, -0.1) is 11.3 Å². The summed E-state index contributed by atoms with van der Waals surface area (Å²) in [6.45, 7) is 2.73. The number of carbonyl (C=O) groups is 1. The second-order valence-corrected chi connectivity index (χ2v) is 7.21. The summed E-state index contributed by atoms with van der Waals surface area (Å²) in [5.41, 5.74) is 0. The predicted molar refractivity (Wildman–Crippen MR) is 92.8 cm³/mol. The molecule has 2 aromatic heterocycles. The van der Waals surface area contributed by atoms with Crippen molar-refractivity contribution in [3.8, 4) is 0 Å². The van der Waals surface area contributed by atoms with Gasteiger partial charge in [0.1, 0.15) is 0 Å². The number of hydrogen-bond donors (Lipinski definition) is 1. The van der Waals surface area contributed by atoms with Gasteiger partial charge in [-0.05, 0) is 24.8 Å². The first-order valence-electron chi connectivity index (χ1n) is 7.62. The Balaban J connectivity index is 1.40. The molecule has 1 unspecified atom stereocenters. The molecule has 1 saturated heterocycles. The van der Waals surface area contributed by atoms with E-state index >= 15 is 0 Å². The highest BCUT2D eigenvalue weighted by molar-refractivity contribution is 7.99. The van der Waals surface area contributed by atoms with E-state index in [4.69, 9.17) is 0 Å². The Morgan fingerprint density at radius 3 is 3.00 bits per heavy atom. The van der Waals surface area contributed by atoms with E-state index in [1.165, 1.54) is 11.8 Å². The maximum absolute atomic E-state index is 12.0. The lowest BCUT2D eigenvalue weighted by molar-refractivity contribution is -0.118. The van der Waals surface area contributed by atoms with Gasteiger partial charge >= 0.3 is 0 Å². The number of hydrogen-bond acceptors (Lipinski definition) is 7. The van der Waals surface area contributed by atoms with E-state index in [0.29, 0.717) is 16.8 Å². The van der Waals surface area contributed by atoms with E-state index in [1.54, 1.807) is 29.8 Å². The monoisotopic (exact) mass is 349 g/mol. The number of nitrogens with zero attached hydrogens (tertiary/aromatic N) is 4. The standard InChI is InChI=1S/C15H19N5OS2/c21-13(11-23-14-16-4-2-5-17-14)19-9-12-3-1-7-20(10-12)15-18-6-8-22-15/h2,4-6,8,12H,1,3,7,9-11H2,(H,19,21). The fraction of sp³-hybridized carbons (Fsp3) is 0.467. The fourth-order valence-corrected chi connectivity index (χ4v) is 3.89. The normalized spacial score (nSPS) is 17.9. The molecule has 1 fully saturated rings. The van der Waals surface area contributed by atoms with Crippen molar-refractivity contribution in [2.24, 2.45) is 5.92 Å². The smallest absolute Gasteiger partial charge is 0.230 e. The van der Waals surface area contributed by atoms with Gasteiger partial charge < -0.3 is 10.2 Å². The molecule has 23 heavy (non-hydrogen) atoms. The maximum atomic E-state index is 12.0. The fourth-order valence-electron chi connectivity index (χ4n) is 2.58. The third-order valence-electron chi connectivity index (χ3n) is 3.67. The minimum atomic E-state index is 0.0359. The molecule has 3 heterocycles. The molecule has 3 rings (SSSR count). The van der Waals surface area contributed by atoms with Crippen LogP contribution < -0.4 is 10.2 Å². The van der Waals surface area contributed by atoms with Gasteiger partial charge in [-0.2, -0.15) is 0 Å². The number of thioether (sulfide) groups is 1. The largest absolute Gasteiger partial charge is 0.355 e. The Kier molecular flexibility index (Phi) is 5.82. The highest BCUT2D eigenvalue weighted by Crippen LogP contribution is 2.24. The van der Waals surface area contributed by atoms with E-state index in [9.17, 15) is 4.79 Å². The van der Waals surface area contributed by atoms with Crippen molar-refractivity contribution in [3.63, 3.8) is 0 Å². The van der Waals surface area contributed by atoms with Crippen LogP contribution in [-0.2, 0) is 4.79 Å². The van der Waals surface area contributed by atoms with E-state index in [-0.39, 0.29) is 5.91 Å². The summed E-state index contributed by atoms with van der Waals surface area (Å²) in [4.78, 5) is 26.8. The minimum Gasteiger partial charge on any atom is -0.355 e. The maximum Gasteiger partial charge on any atom is 0.230 e. The number of anilines is 1. The minimum absolute atomic E-state index is 0.0359. The van der Waals surface area contributed by atoms with Crippen LogP contribution in [0.1, 0.15) is 12.8 Å². The van der Waals surface area contributed by atoms with Gasteiger partial charge in [-0.25, -0.2) is 15.0 Å². The zero-order valence-electron chi connectivity index (χ0n) is 12.7. The summed E-state index contributed by atoms with van der Waals surface area (Å²) < 4.78 is 0. The van der Waals surface area contributed by atoms with E-state index in [0.717, 1.165) is 37.6 Å². The Morgan fingerprint density at radius 1 is 1.35 bits per heavy atom. The van der Waals surface area contributed by atoms with Crippen LogP contribution in [0.5, 0.6) is 0 Å². The van der Waals surface area contributed by atoms with Crippen LogP contribution in [0.3, 0.4) is 0 Å². The lowest BCUT2D eigenvalue weighted by atomic mass is 9.98. The molecule has 1 aliphatic rings. The van der Waals surface area contributed by atoms with Crippen LogP contribution in [-0.4, -0.2) is 46.2 Å². The molecule has 6 nitrogen and oxygen atoms in total. The third kappa shape index (κ3) is 4.90. The van der Waals surface area contributed by atoms with Crippen LogP contribution in [0.15, 0.2) is 35.2 Å². The lowest BCUT2D eigenvalue weighted by Crippen LogP contribution is -2.41. The van der Waals surface area contributed by atoms with E-state index < -0.39 is 0 Å². The number of rotatable bonds is 6. The highest BCUT2D eigenvalue weighted by atomic mass is 32.2. The van der Waals surface area contributed by atoms with Crippen LogP contribution >= 0.6 is 23.1 Å².